The monoisotopic (exact) mass is 401 g/mol. The molecule has 0 unspecified atom stereocenters. The van der Waals surface area contributed by atoms with Crippen LogP contribution in [0.4, 0.5) is 16.3 Å². The van der Waals surface area contributed by atoms with Crippen molar-refractivity contribution in [1.82, 2.24) is 25.1 Å². The molecule has 0 aliphatic heterocycles. The van der Waals surface area contributed by atoms with Crippen molar-refractivity contribution in [2.24, 2.45) is 0 Å². The van der Waals surface area contributed by atoms with Crippen LogP contribution in [0.3, 0.4) is 0 Å². The summed E-state index contributed by atoms with van der Waals surface area (Å²) in [4.78, 5) is 34.3. The summed E-state index contributed by atoms with van der Waals surface area (Å²) in [5.74, 6) is 0.0885. The molecular formula is C21H19N7O2. The van der Waals surface area contributed by atoms with Crippen molar-refractivity contribution in [2.75, 3.05) is 24.7 Å². The maximum Gasteiger partial charge on any atom is 0.321 e. The van der Waals surface area contributed by atoms with Crippen molar-refractivity contribution in [3.8, 4) is 11.1 Å². The van der Waals surface area contributed by atoms with Gasteiger partial charge in [-0.2, -0.15) is 5.10 Å². The van der Waals surface area contributed by atoms with E-state index in [2.05, 4.69) is 30.8 Å². The molecule has 9 heteroatoms. The second kappa shape index (κ2) is 8.00. The van der Waals surface area contributed by atoms with Crippen LogP contribution in [-0.2, 0) is 0 Å². The SMILES string of the molecule is CN(C)C(=O)Nc1cncc(-c2ccc3[nH]nc(C(=O)Nc4ccccn4)c3c2)c1. The molecule has 3 amide bonds. The number of fused-ring (bicyclic) bond motifs is 1. The predicted molar refractivity (Wildman–Crippen MR) is 114 cm³/mol. The van der Waals surface area contributed by atoms with Gasteiger partial charge in [-0.3, -0.25) is 14.9 Å². The maximum atomic E-state index is 12.7. The molecule has 3 aromatic heterocycles. The lowest BCUT2D eigenvalue weighted by molar-refractivity contribution is 0.102. The van der Waals surface area contributed by atoms with Crippen LogP contribution in [-0.4, -0.2) is 51.1 Å². The van der Waals surface area contributed by atoms with Crippen LogP contribution in [0, 0.1) is 0 Å². The number of H-pyrrole nitrogens is 1. The van der Waals surface area contributed by atoms with Gasteiger partial charge in [0.15, 0.2) is 5.69 Å². The van der Waals surface area contributed by atoms with Gasteiger partial charge in [-0.05, 0) is 35.9 Å². The number of pyridine rings is 2. The molecule has 0 atom stereocenters. The van der Waals surface area contributed by atoms with Gasteiger partial charge in [-0.15, -0.1) is 0 Å². The molecule has 1 aromatic carbocycles. The summed E-state index contributed by atoms with van der Waals surface area (Å²) in [5, 5.41) is 13.2. The summed E-state index contributed by atoms with van der Waals surface area (Å²) in [5.41, 5.74) is 3.21. The number of rotatable bonds is 4. The zero-order valence-electron chi connectivity index (χ0n) is 16.4. The number of benzene rings is 1. The van der Waals surface area contributed by atoms with Crippen LogP contribution >= 0.6 is 0 Å². The van der Waals surface area contributed by atoms with Gasteiger partial charge in [0.2, 0.25) is 0 Å². The summed E-state index contributed by atoms with van der Waals surface area (Å²) in [7, 11) is 3.33. The fourth-order valence-corrected chi connectivity index (χ4v) is 2.88. The van der Waals surface area contributed by atoms with E-state index in [-0.39, 0.29) is 17.6 Å². The Morgan fingerprint density at radius 3 is 2.63 bits per heavy atom. The Morgan fingerprint density at radius 1 is 1.00 bits per heavy atom. The van der Waals surface area contributed by atoms with Crippen molar-refractivity contribution in [3.05, 3.63) is 66.7 Å². The highest BCUT2D eigenvalue weighted by Crippen LogP contribution is 2.27. The molecule has 0 aliphatic carbocycles. The van der Waals surface area contributed by atoms with E-state index in [4.69, 9.17) is 0 Å². The molecule has 0 saturated carbocycles. The molecule has 0 bridgehead atoms. The smallest absolute Gasteiger partial charge is 0.321 e. The molecule has 0 aliphatic rings. The normalized spacial score (nSPS) is 10.6. The van der Waals surface area contributed by atoms with Crippen molar-refractivity contribution in [1.29, 1.82) is 0 Å². The molecule has 30 heavy (non-hydrogen) atoms. The number of nitrogens with zero attached hydrogens (tertiary/aromatic N) is 4. The minimum Gasteiger partial charge on any atom is -0.331 e. The molecule has 0 radical (unpaired) electrons. The number of nitrogens with one attached hydrogen (secondary N) is 3. The standard InChI is InChI=1S/C21H19N7O2/c1-28(2)21(30)24-15-9-14(11-22-12-15)13-6-7-17-16(10-13)19(27-26-17)20(29)25-18-5-3-4-8-23-18/h3-12H,1-2H3,(H,24,30)(H,26,27)(H,23,25,29). The van der Waals surface area contributed by atoms with Crippen LogP contribution < -0.4 is 10.6 Å². The highest BCUT2D eigenvalue weighted by molar-refractivity contribution is 6.11. The van der Waals surface area contributed by atoms with E-state index in [9.17, 15) is 9.59 Å². The average molecular weight is 401 g/mol. The average Bonchev–Trinajstić information content (AvgIpc) is 3.18. The van der Waals surface area contributed by atoms with Crippen LogP contribution in [0.15, 0.2) is 61.1 Å². The highest BCUT2D eigenvalue weighted by Gasteiger charge is 2.16. The minimum atomic E-state index is -0.359. The highest BCUT2D eigenvalue weighted by atomic mass is 16.2. The van der Waals surface area contributed by atoms with Crippen LogP contribution in [0.2, 0.25) is 0 Å². The van der Waals surface area contributed by atoms with Gasteiger partial charge in [-0.25, -0.2) is 9.78 Å². The quantitative estimate of drug-likeness (QED) is 0.485. The minimum absolute atomic E-state index is 0.243. The summed E-state index contributed by atoms with van der Waals surface area (Å²) in [6, 6.07) is 12.5. The molecule has 0 saturated heterocycles. The fourth-order valence-electron chi connectivity index (χ4n) is 2.88. The van der Waals surface area contributed by atoms with Gasteiger partial charge >= 0.3 is 6.03 Å². The Morgan fingerprint density at radius 2 is 1.87 bits per heavy atom. The molecule has 0 spiro atoms. The lowest BCUT2D eigenvalue weighted by Gasteiger charge is -2.12. The topological polar surface area (TPSA) is 116 Å². The van der Waals surface area contributed by atoms with Gasteiger partial charge in [0.25, 0.3) is 5.91 Å². The Balaban J connectivity index is 1.64. The lowest BCUT2D eigenvalue weighted by Crippen LogP contribution is -2.27. The van der Waals surface area contributed by atoms with Gasteiger partial charge in [0.05, 0.1) is 17.4 Å². The van der Waals surface area contributed by atoms with Crippen molar-refractivity contribution >= 4 is 34.3 Å². The number of hydrogen-bond donors (Lipinski definition) is 3. The van der Waals surface area contributed by atoms with Crippen molar-refractivity contribution < 1.29 is 9.59 Å². The first-order valence-electron chi connectivity index (χ1n) is 9.15. The number of hydrogen-bond acceptors (Lipinski definition) is 5. The number of urea groups is 1. The first-order chi connectivity index (χ1) is 14.5. The molecule has 3 N–H and O–H groups in total. The fraction of sp³-hybridized carbons (Fsp3) is 0.0952. The van der Waals surface area contributed by atoms with E-state index in [0.29, 0.717) is 16.9 Å². The molecule has 4 rings (SSSR count). The molecule has 9 nitrogen and oxygen atoms in total. The van der Waals surface area contributed by atoms with E-state index < -0.39 is 0 Å². The zero-order valence-corrected chi connectivity index (χ0v) is 16.4. The third-order valence-electron chi connectivity index (χ3n) is 4.41. The maximum absolute atomic E-state index is 12.7. The lowest BCUT2D eigenvalue weighted by atomic mass is 10.0. The Kier molecular flexibility index (Phi) is 5.08. The third kappa shape index (κ3) is 3.95. The second-order valence-electron chi connectivity index (χ2n) is 6.79. The van der Waals surface area contributed by atoms with Crippen LogP contribution in [0.25, 0.3) is 22.0 Å². The van der Waals surface area contributed by atoms with E-state index in [1.165, 1.54) is 4.90 Å². The van der Waals surface area contributed by atoms with Gasteiger partial charge in [0, 0.05) is 37.4 Å². The van der Waals surface area contributed by atoms with Gasteiger partial charge < -0.3 is 15.5 Å². The van der Waals surface area contributed by atoms with Crippen molar-refractivity contribution in [2.45, 2.75) is 0 Å². The van der Waals surface area contributed by atoms with Crippen LogP contribution in [0.1, 0.15) is 10.5 Å². The van der Waals surface area contributed by atoms with E-state index in [0.717, 1.165) is 16.6 Å². The third-order valence-corrected chi connectivity index (χ3v) is 4.41. The number of carbonyl (C=O) groups is 2. The van der Waals surface area contributed by atoms with E-state index in [1.54, 1.807) is 50.9 Å². The largest absolute Gasteiger partial charge is 0.331 e. The zero-order chi connectivity index (χ0) is 21.1. The first-order valence-corrected chi connectivity index (χ1v) is 9.15. The summed E-state index contributed by atoms with van der Waals surface area (Å²) in [6.07, 6.45) is 4.87. The molecule has 4 aromatic rings. The summed E-state index contributed by atoms with van der Waals surface area (Å²) in [6.45, 7) is 0. The number of amides is 3. The number of aromatic amines is 1. The summed E-state index contributed by atoms with van der Waals surface area (Å²) < 4.78 is 0. The number of aromatic nitrogens is 4. The Hall–Kier alpha value is -4.27. The molecule has 3 heterocycles. The van der Waals surface area contributed by atoms with Crippen molar-refractivity contribution in [3.63, 3.8) is 0 Å². The van der Waals surface area contributed by atoms with E-state index in [1.807, 2.05) is 24.3 Å². The van der Waals surface area contributed by atoms with E-state index >= 15 is 0 Å². The van der Waals surface area contributed by atoms with Crippen LogP contribution in [0.5, 0.6) is 0 Å². The number of carbonyl (C=O) groups excluding carboxylic acids is 2. The Labute approximate surface area is 172 Å². The molecule has 150 valence electrons. The second-order valence-corrected chi connectivity index (χ2v) is 6.79. The van der Waals surface area contributed by atoms with Gasteiger partial charge in [0.1, 0.15) is 5.82 Å². The molecular weight excluding hydrogens is 382 g/mol. The van der Waals surface area contributed by atoms with Gasteiger partial charge in [-0.1, -0.05) is 12.1 Å². The number of anilines is 2. The summed E-state index contributed by atoms with van der Waals surface area (Å²) >= 11 is 0. The first kappa shape index (κ1) is 19.1. The predicted octanol–water partition coefficient (Wildman–Crippen LogP) is 3.37. The Bertz CT molecular complexity index is 1220. The molecule has 0 fully saturated rings.